The molecule has 0 fully saturated rings. The second kappa shape index (κ2) is 5.52. The Morgan fingerprint density at radius 1 is 1.42 bits per heavy atom. The molecule has 2 N–H and O–H groups in total. The van der Waals surface area contributed by atoms with Crippen LogP contribution in [0, 0.1) is 11.3 Å². The van der Waals surface area contributed by atoms with Gasteiger partial charge in [-0.2, -0.15) is 10.4 Å². The van der Waals surface area contributed by atoms with Crippen LogP contribution in [0.3, 0.4) is 0 Å². The van der Waals surface area contributed by atoms with Crippen molar-refractivity contribution in [3.63, 3.8) is 0 Å². The van der Waals surface area contributed by atoms with Crippen LogP contribution in [-0.2, 0) is 6.42 Å². The van der Waals surface area contributed by atoms with Gasteiger partial charge in [-0.1, -0.05) is 36.5 Å². The fraction of sp³-hybridized carbons (Fsp3) is 0.231. The van der Waals surface area contributed by atoms with Crippen molar-refractivity contribution in [1.29, 1.82) is 5.26 Å². The molecule has 1 aromatic carbocycles. The third-order valence-electron chi connectivity index (χ3n) is 2.73. The van der Waals surface area contributed by atoms with Crippen LogP contribution >= 0.6 is 23.2 Å². The summed E-state index contributed by atoms with van der Waals surface area (Å²) in [5, 5.41) is 14.5. The SMILES string of the molecule is CCCc1nn(-c2ccc(Cl)cc2Cl)c(N)c1C#N. The Kier molecular flexibility index (Phi) is 3.98. The summed E-state index contributed by atoms with van der Waals surface area (Å²) in [6.07, 6.45) is 1.59. The molecule has 0 saturated heterocycles. The highest BCUT2D eigenvalue weighted by atomic mass is 35.5. The number of hydrogen-bond donors (Lipinski definition) is 1. The average Bonchev–Trinajstić information content (AvgIpc) is 2.66. The highest BCUT2D eigenvalue weighted by Crippen LogP contribution is 2.28. The summed E-state index contributed by atoms with van der Waals surface area (Å²) < 4.78 is 1.49. The molecule has 0 spiro atoms. The molecular formula is C13H12Cl2N4. The maximum atomic E-state index is 9.16. The van der Waals surface area contributed by atoms with E-state index in [0.29, 0.717) is 39.2 Å². The van der Waals surface area contributed by atoms with Crippen LogP contribution in [0.5, 0.6) is 0 Å². The van der Waals surface area contributed by atoms with Gasteiger partial charge in [0.05, 0.1) is 16.4 Å². The van der Waals surface area contributed by atoms with Crippen molar-refractivity contribution in [3.8, 4) is 11.8 Å². The Hall–Kier alpha value is -1.70. The summed E-state index contributed by atoms with van der Waals surface area (Å²) in [5.41, 5.74) is 7.68. The van der Waals surface area contributed by atoms with E-state index in [1.54, 1.807) is 18.2 Å². The number of nitrogens with zero attached hydrogens (tertiary/aromatic N) is 3. The van der Waals surface area contributed by atoms with Crippen LogP contribution in [-0.4, -0.2) is 9.78 Å². The van der Waals surface area contributed by atoms with Crippen LogP contribution < -0.4 is 5.73 Å². The van der Waals surface area contributed by atoms with E-state index in [0.717, 1.165) is 6.42 Å². The highest BCUT2D eigenvalue weighted by Gasteiger charge is 2.17. The number of benzene rings is 1. The molecule has 6 heteroatoms. The van der Waals surface area contributed by atoms with E-state index < -0.39 is 0 Å². The number of anilines is 1. The third kappa shape index (κ3) is 2.53. The fourth-order valence-corrected chi connectivity index (χ4v) is 2.34. The zero-order valence-electron chi connectivity index (χ0n) is 10.3. The number of nitrogen functional groups attached to an aromatic ring is 1. The minimum Gasteiger partial charge on any atom is -0.382 e. The van der Waals surface area contributed by atoms with Crippen molar-refractivity contribution in [1.82, 2.24) is 9.78 Å². The predicted molar refractivity (Wildman–Crippen MR) is 76.7 cm³/mol. The van der Waals surface area contributed by atoms with Crippen LogP contribution in [0.4, 0.5) is 5.82 Å². The number of aromatic nitrogens is 2. The molecule has 0 bridgehead atoms. The first-order valence-corrected chi connectivity index (χ1v) is 6.57. The predicted octanol–water partition coefficient (Wildman–Crippen LogP) is 3.59. The van der Waals surface area contributed by atoms with Crippen LogP contribution in [0.25, 0.3) is 5.69 Å². The molecule has 0 amide bonds. The van der Waals surface area contributed by atoms with E-state index in [1.807, 2.05) is 6.92 Å². The largest absolute Gasteiger partial charge is 0.382 e. The highest BCUT2D eigenvalue weighted by molar-refractivity contribution is 6.35. The number of nitriles is 1. The lowest BCUT2D eigenvalue weighted by Crippen LogP contribution is -2.03. The summed E-state index contributed by atoms with van der Waals surface area (Å²) in [6.45, 7) is 2.02. The molecule has 19 heavy (non-hydrogen) atoms. The molecular weight excluding hydrogens is 283 g/mol. The van der Waals surface area contributed by atoms with E-state index in [1.165, 1.54) is 4.68 Å². The minimum absolute atomic E-state index is 0.301. The Balaban J connectivity index is 2.60. The molecule has 2 rings (SSSR count). The number of aryl methyl sites for hydroxylation is 1. The molecule has 1 aromatic heterocycles. The van der Waals surface area contributed by atoms with Crippen molar-refractivity contribution in [3.05, 3.63) is 39.5 Å². The van der Waals surface area contributed by atoms with Crippen molar-refractivity contribution >= 4 is 29.0 Å². The number of nitrogens with two attached hydrogens (primary N) is 1. The Morgan fingerprint density at radius 3 is 2.74 bits per heavy atom. The summed E-state index contributed by atoms with van der Waals surface area (Å²) in [7, 11) is 0. The van der Waals surface area contributed by atoms with E-state index in [-0.39, 0.29) is 0 Å². The standard InChI is InChI=1S/C13H12Cl2N4/c1-2-3-11-9(7-16)13(17)19(18-11)12-5-4-8(14)6-10(12)15/h4-6H,2-3,17H2,1H3. The number of rotatable bonds is 3. The molecule has 0 atom stereocenters. The van der Waals surface area contributed by atoms with Gasteiger partial charge in [0.25, 0.3) is 0 Å². The Labute approximate surface area is 121 Å². The van der Waals surface area contributed by atoms with Gasteiger partial charge >= 0.3 is 0 Å². The first-order valence-electron chi connectivity index (χ1n) is 5.81. The normalized spacial score (nSPS) is 10.4. The van der Waals surface area contributed by atoms with Gasteiger partial charge in [-0.05, 0) is 24.6 Å². The van der Waals surface area contributed by atoms with Crippen molar-refractivity contribution in [2.75, 3.05) is 5.73 Å². The lowest BCUT2D eigenvalue weighted by molar-refractivity contribution is 0.810. The molecule has 1 heterocycles. The molecule has 0 unspecified atom stereocenters. The van der Waals surface area contributed by atoms with Gasteiger partial charge in [-0.3, -0.25) is 0 Å². The second-order valence-corrected chi connectivity index (χ2v) is 4.92. The van der Waals surface area contributed by atoms with Crippen molar-refractivity contribution < 1.29 is 0 Å². The van der Waals surface area contributed by atoms with Crippen LogP contribution in [0.15, 0.2) is 18.2 Å². The summed E-state index contributed by atoms with van der Waals surface area (Å²) in [6, 6.07) is 7.14. The molecule has 0 radical (unpaired) electrons. The zero-order chi connectivity index (χ0) is 14.0. The van der Waals surface area contributed by atoms with Crippen LogP contribution in [0.1, 0.15) is 24.6 Å². The number of hydrogen-bond acceptors (Lipinski definition) is 3. The monoisotopic (exact) mass is 294 g/mol. The van der Waals surface area contributed by atoms with Crippen LogP contribution in [0.2, 0.25) is 10.0 Å². The van der Waals surface area contributed by atoms with Crippen molar-refractivity contribution in [2.45, 2.75) is 19.8 Å². The van der Waals surface area contributed by atoms with E-state index in [9.17, 15) is 0 Å². The quantitative estimate of drug-likeness (QED) is 0.941. The molecule has 0 aliphatic heterocycles. The lowest BCUT2D eigenvalue weighted by Gasteiger charge is -2.06. The fourth-order valence-electron chi connectivity index (χ4n) is 1.85. The molecule has 0 aliphatic rings. The maximum Gasteiger partial charge on any atom is 0.145 e. The summed E-state index contributed by atoms with van der Waals surface area (Å²) in [4.78, 5) is 0. The van der Waals surface area contributed by atoms with Crippen molar-refractivity contribution in [2.24, 2.45) is 0 Å². The number of halogens is 2. The molecule has 0 saturated carbocycles. The lowest BCUT2D eigenvalue weighted by atomic mass is 10.2. The van der Waals surface area contributed by atoms with Gasteiger partial charge in [-0.15, -0.1) is 0 Å². The van der Waals surface area contributed by atoms with Gasteiger partial charge in [0, 0.05) is 5.02 Å². The van der Waals surface area contributed by atoms with E-state index in [4.69, 9.17) is 34.2 Å². The zero-order valence-corrected chi connectivity index (χ0v) is 11.8. The second-order valence-electron chi connectivity index (χ2n) is 4.08. The molecule has 98 valence electrons. The first kappa shape index (κ1) is 13.7. The Morgan fingerprint density at radius 2 is 2.16 bits per heavy atom. The molecule has 2 aromatic rings. The van der Waals surface area contributed by atoms with Gasteiger partial charge < -0.3 is 5.73 Å². The minimum atomic E-state index is 0.301. The topological polar surface area (TPSA) is 67.6 Å². The third-order valence-corrected chi connectivity index (χ3v) is 3.27. The van der Waals surface area contributed by atoms with Gasteiger partial charge in [0.2, 0.25) is 0 Å². The average molecular weight is 295 g/mol. The summed E-state index contributed by atoms with van der Waals surface area (Å²) >= 11 is 12.0. The first-order chi connectivity index (χ1) is 9.08. The Bertz CT molecular complexity index is 655. The van der Waals surface area contributed by atoms with Gasteiger partial charge in [-0.25, -0.2) is 4.68 Å². The van der Waals surface area contributed by atoms with E-state index >= 15 is 0 Å². The molecule has 0 aliphatic carbocycles. The summed E-state index contributed by atoms with van der Waals surface area (Å²) in [5.74, 6) is 0.301. The van der Waals surface area contributed by atoms with E-state index in [2.05, 4.69) is 11.2 Å². The van der Waals surface area contributed by atoms with Gasteiger partial charge in [0.1, 0.15) is 17.5 Å². The smallest absolute Gasteiger partial charge is 0.145 e. The van der Waals surface area contributed by atoms with Gasteiger partial charge in [0.15, 0.2) is 0 Å². The maximum absolute atomic E-state index is 9.16. The molecule has 4 nitrogen and oxygen atoms in total.